The van der Waals surface area contributed by atoms with E-state index in [1.54, 1.807) is 29.4 Å². The summed E-state index contributed by atoms with van der Waals surface area (Å²) in [5.74, 6) is -0.294. The second-order valence-electron chi connectivity index (χ2n) is 8.36. The number of halogens is 1. The van der Waals surface area contributed by atoms with E-state index in [-0.39, 0.29) is 17.3 Å². The molecule has 36 heavy (non-hydrogen) atoms. The van der Waals surface area contributed by atoms with Crippen LogP contribution < -0.4 is 4.90 Å². The Morgan fingerprint density at radius 3 is 2.61 bits per heavy atom. The summed E-state index contributed by atoms with van der Waals surface area (Å²) >= 11 is 7.62. The molecule has 0 atom stereocenters. The highest BCUT2D eigenvalue weighted by Gasteiger charge is 2.27. The average Bonchev–Trinajstić information content (AvgIpc) is 3.32. The number of hydrogen-bond donors (Lipinski definition) is 0. The van der Waals surface area contributed by atoms with E-state index in [1.165, 1.54) is 27.8 Å². The van der Waals surface area contributed by atoms with Gasteiger partial charge >= 0.3 is 0 Å². The molecule has 1 aliphatic heterocycles. The molecule has 0 N–H and O–H groups in total. The van der Waals surface area contributed by atoms with Crippen molar-refractivity contribution in [1.82, 2.24) is 14.3 Å². The van der Waals surface area contributed by atoms with E-state index in [4.69, 9.17) is 21.3 Å². The Hall–Kier alpha value is -2.89. The largest absolute Gasteiger partial charge is 0.379 e. The number of morpholine rings is 1. The number of fused-ring (bicyclic) bond motifs is 1. The lowest BCUT2D eigenvalue weighted by atomic mass is 10.2. The number of amides is 1. The predicted octanol–water partition coefficient (Wildman–Crippen LogP) is 4.52. The van der Waals surface area contributed by atoms with Crippen LogP contribution in [0.1, 0.15) is 21.5 Å². The van der Waals surface area contributed by atoms with Crippen LogP contribution >= 0.6 is 22.9 Å². The van der Waals surface area contributed by atoms with E-state index in [0.717, 1.165) is 21.3 Å². The average molecular weight is 543 g/mol. The first-order chi connectivity index (χ1) is 17.3. The molecular formula is C25H23ClN4O4S2. The van der Waals surface area contributed by atoms with Crippen LogP contribution in [0.3, 0.4) is 0 Å². The predicted molar refractivity (Wildman–Crippen MR) is 140 cm³/mol. The zero-order valence-electron chi connectivity index (χ0n) is 19.4. The summed E-state index contributed by atoms with van der Waals surface area (Å²) in [6, 6.07) is 13.4. The Balaban J connectivity index is 1.49. The number of pyridine rings is 1. The number of carbonyl (C=O) groups excluding carboxylic acids is 1. The quantitative estimate of drug-likeness (QED) is 0.355. The summed E-state index contributed by atoms with van der Waals surface area (Å²) in [6.07, 6.45) is 3.38. The van der Waals surface area contributed by atoms with Crippen LogP contribution in [0, 0.1) is 6.92 Å². The van der Waals surface area contributed by atoms with Gasteiger partial charge in [0, 0.05) is 36.1 Å². The molecule has 2 aromatic carbocycles. The van der Waals surface area contributed by atoms with Crippen molar-refractivity contribution < 1.29 is 17.9 Å². The summed E-state index contributed by atoms with van der Waals surface area (Å²) in [7, 11) is -3.65. The number of nitrogens with zero attached hydrogens (tertiary/aromatic N) is 4. The topological polar surface area (TPSA) is 92.7 Å². The van der Waals surface area contributed by atoms with Gasteiger partial charge in [0.1, 0.15) is 0 Å². The van der Waals surface area contributed by atoms with Gasteiger partial charge in [-0.1, -0.05) is 29.0 Å². The number of aryl methyl sites for hydroxylation is 1. The van der Waals surface area contributed by atoms with Crippen LogP contribution in [0.4, 0.5) is 5.13 Å². The molecule has 0 radical (unpaired) electrons. The van der Waals surface area contributed by atoms with Crippen LogP contribution in [0.5, 0.6) is 0 Å². The minimum Gasteiger partial charge on any atom is -0.379 e. The number of ether oxygens (including phenoxy) is 1. The lowest BCUT2D eigenvalue weighted by Crippen LogP contribution is -2.40. The molecule has 0 spiro atoms. The van der Waals surface area contributed by atoms with Gasteiger partial charge in [-0.3, -0.25) is 14.7 Å². The zero-order valence-corrected chi connectivity index (χ0v) is 21.8. The highest BCUT2D eigenvalue weighted by atomic mass is 35.5. The Kier molecular flexibility index (Phi) is 7.05. The van der Waals surface area contributed by atoms with Gasteiger partial charge in [0.15, 0.2) is 5.13 Å². The number of rotatable bonds is 6. The van der Waals surface area contributed by atoms with E-state index in [0.29, 0.717) is 42.0 Å². The highest BCUT2D eigenvalue weighted by Crippen LogP contribution is 2.34. The lowest BCUT2D eigenvalue weighted by molar-refractivity contribution is 0.0730. The van der Waals surface area contributed by atoms with Crippen molar-refractivity contribution in [3.05, 3.63) is 82.6 Å². The molecule has 0 bridgehead atoms. The molecule has 11 heteroatoms. The number of anilines is 1. The van der Waals surface area contributed by atoms with Gasteiger partial charge in [-0.15, -0.1) is 0 Å². The van der Waals surface area contributed by atoms with E-state index in [2.05, 4.69) is 4.98 Å². The SMILES string of the molecule is Cc1cc(Cl)cc2sc(N(Cc3cccnc3)C(=O)c3ccc(S(=O)(=O)N4CCOCC4)cc3)nc12. The third-order valence-electron chi connectivity index (χ3n) is 5.89. The lowest BCUT2D eigenvalue weighted by Gasteiger charge is -2.26. The summed E-state index contributed by atoms with van der Waals surface area (Å²) in [4.78, 5) is 24.3. The number of sulfonamides is 1. The van der Waals surface area contributed by atoms with Crippen molar-refractivity contribution in [3.8, 4) is 0 Å². The monoisotopic (exact) mass is 542 g/mol. The van der Waals surface area contributed by atoms with Crippen LogP contribution in [0.15, 0.2) is 65.8 Å². The maximum Gasteiger partial charge on any atom is 0.260 e. The first kappa shape index (κ1) is 24.8. The standard InChI is InChI=1S/C25H23ClN4O4S2/c1-17-13-20(26)14-22-23(17)28-25(35-22)30(16-18-3-2-8-27-15-18)24(31)19-4-6-21(7-5-19)36(32,33)29-9-11-34-12-10-29/h2-8,13-15H,9-12,16H2,1H3. The fraction of sp³-hybridized carbons (Fsp3) is 0.240. The van der Waals surface area contributed by atoms with Crippen molar-refractivity contribution in [3.63, 3.8) is 0 Å². The summed E-state index contributed by atoms with van der Waals surface area (Å²) in [5.41, 5.74) is 2.90. The number of thiazole rings is 1. The van der Waals surface area contributed by atoms with Crippen molar-refractivity contribution in [2.75, 3.05) is 31.2 Å². The number of carbonyl (C=O) groups is 1. The Morgan fingerprint density at radius 2 is 1.92 bits per heavy atom. The molecule has 8 nitrogen and oxygen atoms in total. The van der Waals surface area contributed by atoms with Gasteiger partial charge in [0.25, 0.3) is 5.91 Å². The van der Waals surface area contributed by atoms with Crippen molar-refractivity contribution in [2.45, 2.75) is 18.4 Å². The van der Waals surface area contributed by atoms with Crippen LogP contribution in [-0.4, -0.2) is 54.9 Å². The molecule has 5 rings (SSSR count). The van der Waals surface area contributed by atoms with Crippen LogP contribution in [0.2, 0.25) is 5.02 Å². The van der Waals surface area contributed by atoms with E-state index < -0.39 is 10.0 Å². The summed E-state index contributed by atoms with van der Waals surface area (Å²) in [5, 5.41) is 1.13. The molecule has 1 aliphatic rings. The summed E-state index contributed by atoms with van der Waals surface area (Å²) < 4.78 is 33.5. The molecule has 186 valence electrons. The van der Waals surface area contributed by atoms with E-state index in [1.807, 2.05) is 31.2 Å². The minimum absolute atomic E-state index is 0.144. The molecular weight excluding hydrogens is 520 g/mol. The first-order valence-electron chi connectivity index (χ1n) is 11.3. The normalized spacial score (nSPS) is 14.7. The molecule has 0 unspecified atom stereocenters. The van der Waals surface area contributed by atoms with Gasteiger partial charge < -0.3 is 4.74 Å². The number of hydrogen-bond acceptors (Lipinski definition) is 7. The van der Waals surface area contributed by atoms with Gasteiger partial charge in [-0.25, -0.2) is 13.4 Å². The van der Waals surface area contributed by atoms with Gasteiger partial charge in [0.05, 0.1) is 34.9 Å². The second-order valence-corrected chi connectivity index (χ2v) is 11.7. The molecule has 0 aliphatic carbocycles. The minimum atomic E-state index is -3.65. The van der Waals surface area contributed by atoms with Crippen molar-refractivity contribution in [2.24, 2.45) is 0 Å². The Morgan fingerprint density at radius 1 is 1.17 bits per heavy atom. The Labute approximate surface area is 218 Å². The molecule has 0 saturated carbocycles. The third-order valence-corrected chi connectivity index (χ3v) is 9.04. The maximum absolute atomic E-state index is 13.7. The van der Waals surface area contributed by atoms with E-state index >= 15 is 0 Å². The fourth-order valence-corrected chi connectivity index (χ4v) is 6.85. The molecule has 1 amide bonds. The smallest absolute Gasteiger partial charge is 0.260 e. The van der Waals surface area contributed by atoms with Crippen LogP contribution in [0.25, 0.3) is 10.2 Å². The molecule has 1 saturated heterocycles. The van der Waals surface area contributed by atoms with Gasteiger partial charge in [-0.05, 0) is 60.5 Å². The number of aromatic nitrogens is 2. The first-order valence-corrected chi connectivity index (χ1v) is 13.9. The highest BCUT2D eigenvalue weighted by molar-refractivity contribution is 7.89. The fourth-order valence-electron chi connectivity index (χ4n) is 4.02. The van der Waals surface area contributed by atoms with Gasteiger partial charge in [-0.2, -0.15) is 4.31 Å². The van der Waals surface area contributed by atoms with Gasteiger partial charge in [0.2, 0.25) is 10.0 Å². The zero-order chi connectivity index (χ0) is 25.3. The summed E-state index contributed by atoms with van der Waals surface area (Å²) in [6.45, 7) is 3.54. The maximum atomic E-state index is 13.7. The molecule has 1 fully saturated rings. The second kappa shape index (κ2) is 10.2. The Bertz CT molecular complexity index is 1500. The van der Waals surface area contributed by atoms with E-state index in [9.17, 15) is 13.2 Å². The third kappa shape index (κ3) is 5.00. The molecule has 4 aromatic rings. The molecule has 2 aromatic heterocycles. The van der Waals surface area contributed by atoms with Crippen LogP contribution in [-0.2, 0) is 21.3 Å². The van der Waals surface area contributed by atoms with Crippen molar-refractivity contribution in [1.29, 1.82) is 0 Å². The number of benzene rings is 2. The van der Waals surface area contributed by atoms with Crippen molar-refractivity contribution >= 4 is 54.2 Å². The molecule has 3 heterocycles.